The van der Waals surface area contributed by atoms with Crippen molar-refractivity contribution in [2.45, 2.75) is 79.9 Å². The van der Waals surface area contributed by atoms with Crippen molar-refractivity contribution in [1.29, 1.82) is 0 Å². The number of hydrogen-bond donors (Lipinski definition) is 1. The zero-order valence-electron chi connectivity index (χ0n) is 18.1. The van der Waals surface area contributed by atoms with Gasteiger partial charge in [0.25, 0.3) is 0 Å². The van der Waals surface area contributed by atoms with Gasteiger partial charge in [-0.3, -0.25) is 0 Å². The molecule has 0 spiro atoms. The number of hydrogen-bond acceptors (Lipinski definition) is 3. The minimum atomic E-state index is -1.92. The molecule has 0 heterocycles. The fraction of sp³-hybridized carbons (Fsp3) is 0.800. The van der Waals surface area contributed by atoms with Crippen LogP contribution >= 0.6 is 0 Å². The third-order valence-electron chi connectivity index (χ3n) is 4.26. The first-order valence-electron chi connectivity index (χ1n) is 9.47. The Labute approximate surface area is 161 Å². The Morgan fingerprint density at radius 2 is 1.76 bits per heavy atom. The molecule has 0 aromatic rings. The second kappa shape index (κ2) is 11.3. The molecular formula is C20H42O3SiSn. The van der Waals surface area contributed by atoms with Gasteiger partial charge >= 0.3 is 142 Å². The Morgan fingerprint density at radius 1 is 1.16 bits per heavy atom. The molecule has 0 rings (SSSR count). The summed E-state index contributed by atoms with van der Waals surface area (Å²) in [7, 11) is -1.07. The van der Waals surface area contributed by atoms with Crippen molar-refractivity contribution in [1.82, 2.24) is 0 Å². The number of aliphatic hydroxyl groups is 1. The predicted octanol–water partition coefficient (Wildman–Crippen LogP) is 5.47. The quantitative estimate of drug-likeness (QED) is 0.175. The Kier molecular flexibility index (Phi) is 11.4. The Bertz CT molecular complexity index is 420. The van der Waals surface area contributed by atoms with E-state index in [1.807, 2.05) is 19.1 Å². The van der Waals surface area contributed by atoms with Gasteiger partial charge in [-0.05, 0) is 0 Å². The third kappa shape index (κ3) is 12.4. The normalized spacial score (nSPS) is 16.7. The monoisotopic (exact) mass is 478 g/mol. The zero-order chi connectivity index (χ0) is 19.7. The van der Waals surface area contributed by atoms with Crippen LogP contribution in [0.3, 0.4) is 0 Å². The summed E-state index contributed by atoms with van der Waals surface area (Å²) >= 11 is -1.92. The van der Waals surface area contributed by atoms with E-state index in [1.54, 1.807) is 0 Å². The molecule has 0 aromatic carbocycles. The molecule has 0 aliphatic heterocycles. The Balaban J connectivity index is 4.62. The van der Waals surface area contributed by atoms with Gasteiger partial charge in [0.15, 0.2) is 0 Å². The Hall–Kier alpha value is 0.376. The maximum absolute atomic E-state index is 10.7. The van der Waals surface area contributed by atoms with Gasteiger partial charge in [-0.1, -0.05) is 19.6 Å². The van der Waals surface area contributed by atoms with Gasteiger partial charge in [-0.25, -0.2) is 0 Å². The van der Waals surface area contributed by atoms with E-state index in [2.05, 4.69) is 58.5 Å². The fourth-order valence-electron chi connectivity index (χ4n) is 2.30. The average molecular weight is 477 g/mol. The standard InChI is InChI=1S/C17H33O3Si.3CH3.Sn/c1-8-10-15(18)17(3,4)16(11-9-2)20-14-19-12-13-21(5,6)7;;;;/h1,8-9,11,15-16,18H,10,12-14H2,2-7H3;3*1H3;/b8-1?,11-9+;;;;. The molecule has 1 N–H and O–H groups in total. The first kappa shape index (κ1) is 25.4. The molecule has 2 atom stereocenters. The van der Waals surface area contributed by atoms with E-state index in [9.17, 15) is 5.11 Å². The number of rotatable bonds is 12. The molecule has 0 saturated heterocycles. The van der Waals surface area contributed by atoms with Crippen LogP contribution in [0.2, 0.25) is 40.5 Å². The van der Waals surface area contributed by atoms with Gasteiger partial charge in [-0.2, -0.15) is 0 Å². The molecule has 0 bridgehead atoms. The summed E-state index contributed by atoms with van der Waals surface area (Å²) < 4.78 is 14.0. The van der Waals surface area contributed by atoms with E-state index >= 15 is 0 Å². The summed E-state index contributed by atoms with van der Waals surface area (Å²) in [6.07, 6.45) is 6.25. The van der Waals surface area contributed by atoms with Crippen LogP contribution in [0, 0.1) is 5.41 Å². The summed E-state index contributed by atoms with van der Waals surface area (Å²) in [6.45, 7) is 14.2. The molecule has 2 unspecified atom stereocenters. The van der Waals surface area contributed by atoms with Crippen LogP contribution in [0.15, 0.2) is 22.3 Å². The van der Waals surface area contributed by atoms with Crippen LogP contribution in [0.4, 0.5) is 0 Å². The van der Waals surface area contributed by atoms with Gasteiger partial charge < -0.3 is 0 Å². The van der Waals surface area contributed by atoms with E-state index in [4.69, 9.17) is 9.47 Å². The molecule has 0 saturated carbocycles. The first-order valence-corrected chi connectivity index (χ1v) is 23.4. The van der Waals surface area contributed by atoms with Crippen molar-refractivity contribution in [3.05, 3.63) is 22.3 Å². The van der Waals surface area contributed by atoms with Gasteiger partial charge in [0, 0.05) is 0 Å². The van der Waals surface area contributed by atoms with Crippen LogP contribution in [0.5, 0.6) is 0 Å². The van der Waals surface area contributed by atoms with Crippen LogP contribution in [-0.4, -0.2) is 57.2 Å². The first-order chi connectivity index (χ1) is 11.3. The van der Waals surface area contributed by atoms with Crippen molar-refractivity contribution in [3.63, 3.8) is 0 Å². The predicted molar refractivity (Wildman–Crippen MR) is 116 cm³/mol. The van der Waals surface area contributed by atoms with Crippen LogP contribution < -0.4 is 0 Å². The molecule has 5 heteroatoms. The molecule has 0 aromatic heterocycles. The maximum atomic E-state index is 10.7. The van der Waals surface area contributed by atoms with Crippen molar-refractivity contribution in [2.75, 3.05) is 13.4 Å². The molecule has 25 heavy (non-hydrogen) atoms. The second-order valence-electron chi connectivity index (χ2n) is 9.79. The van der Waals surface area contributed by atoms with Crippen molar-refractivity contribution in [2.24, 2.45) is 5.41 Å². The summed E-state index contributed by atoms with van der Waals surface area (Å²) in [4.78, 5) is 7.10. The number of ether oxygens (including phenoxy) is 2. The van der Waals surface area contributed by atoms with Gasteiger partial charge in [0.2, 0.25) is 0 Å². The van der Waals surface area contributed by atoms with Crippen molar-refractivity contribution in [3.8, 4) is 0 Å². The molecule has 3 nitrogen and oxygen atoms in total. The van der Waals surface area contributed by atoms with E-state index in [0.717, 1.165) is 12.7 Å². The molecular weight excluding hydrogens is 435 g/mol. The van der Waals surface area contributed by atoms with E-state index in [0.29, 0.717) is 6.42 Å². The van der Waals surface area contributed by atoms with Crippen LogP contribution in [0.25, 0.3) is 0 Å². The molecule has 0 aliphatic carbocycles. The average Bonchev–Trinajstić information content (AvgIpc) is 2.42. The van der Waals surface area contributed by atoms with Crippen molar-refractivity contribution >= 4 is 26.5 Å². The van der Waals surface area contributed by atoms with Crippen molar-refractivity contribution < 1.29 is 14.6 Å². The Morgan fingerprint density at radius 3 is 2.24 bits per heavy atom. The van der Waals surface area contributed by atoms with Gasteiger partial charge in [-0.15, -0.1) is 0 Å². The molecule has 0 amide bonds. The minimum absolute atomic E-state index is 0.161. The summed E-state index contributed by atoms with van der Waals surface area (Å²) in [5.41, 5.74) is -0.369. The van der Waals surface area contributed by atoms with Gasteiger partial charge in [0.1, 0.15) is 0 Å². The SMILES string of the molecule is C/C=C/C(OCOCC[Si](C)(C)C)C(C)(C)C(O)C/C=[CH]\[Sn]([CH3])([CH3])[CH3]. The molecule has 0 radical (unpaired) electrons. The summed E-state index contributed by atoms with van der Waals surface area (Å²) in [5, 5.41) is 10.7. The molecule has 0 aliphatic rings. The number of aliphatic hydroxyl groups excluding tert-OH is 1. The topological polar surface area (TPSA) is 38.7 Å². The molecule has 0 fully saturated rings. The number of allylic oxidation sites excluding steroid dienone is 1. The summed E-state index contributed by atoms with van der Waals surface area (Å²) in [6, 6.07) is 1.14. The molecule has 148 valence electrons. The summed E-state index contributed by atoms with van der Waals surface area (Å²) in [5.74, 6) is 0. The van der Waals surface area contributed by atoms with Crippen LogP contribution in [-0.2, 0) is 9.47 Å². The zero-order valence-corrected chi connectivity index (χ0v) is 21.9. The van der Waals surface area contributed by atoms with E-state index < -0.39 is 32.6 Å². The third-order valence-corrected chi connectivity index (χ3v) is 9.49. The van der Waals surface area contributed by atoms with E-state index in [1.165, 1.54) is 0 Å². The second-order valence-corrected chi connectivity index (χ2v) is 29.9. The van der Waals surface area contributed by atoms with Gasteiger partial charge in [0.05, 0.1) is 0 Å². The van der Waals surface area contributed by atoms with Crippen LogP contribution in [0.1, 0.15) is 27.2 Å². The van der Waals surface area contributed by atoms with E-state index in [-0.39, 0.29) is 18.3 Å². The fourth-order valence-corrected chi connectivity index (χ4v) is 5.46.